The Morgan fingerprint density at radius 2 is 2.33 bits per heavy atom. The van der Waals surface area contributed by atoms with Crippen LogP contribution in [0.1, 0.15) is 12.5 Å². The van der Waals surface area contributed by atoms with Crippen molar-refractivity contribution in [3.63, 3.8) is 0 Å². The lowest BCUT2D eigenvalue weighted by Crippen LogP contribution is -2.28. The second kappa shape index (κ2) is 4.33. The SMILES string of the molecule is O=c1c2cccc(F)c2nc(Cl)n1C1CCNC1. The zero-order valence-corrected chi connectivity index (χ0v) is 10.2. The Morgan fingerprint density at radius 1 is 1.50 bits per heavy atom. The number of benzene rings is 1. The van der Waals surface area contributed by atoms with Crippen molar-refractivity contribution in [1.82, 2.24) is 14.9 Å². The third-order valence-electron chi connectivity index (χ3n) is 3.24. The van der Waals surface area contributed by atoms with Crippen LogP contribution in [0.25, 0.3) is 10.9 Å². The van der Waals surface area contributed by atoms with Crippen LogP contribution >= 0.6 is 11.6 Å². The summed E-state index contributed by atoms with van der Waals surface area (Å²) in [6, 6.07) is 4.34. The van der Waals surface area contributed by atoms with Gasteiger partial charge in [-0.1, -0.05) is 6.07 Å². The fourth-order valence-electron chi connectivity index (χ4n) is 2.34. The van der Waals surface area contributed by atoms with Crippen molar-refractivity contribution < 1.29 is 4.39 Å². The summed E-state index contributed by atoms with van der Waals surface area (Å²) in [7, 11) is 0. The molecule has 1 aromatic heterocycles. The summed E-state index contributed by atoms with van der Waals surface area (Å²) in [5.41, 5.74) is -0.243. The molecule has 0 spiro atoms. The van der Waals surface area contributed by atoms with Gasteiger partial charge in [0.1, 0.15) is 11.3 Å². The highest BCUT2D eigenvalue weighted by Gasteiger charge is 2.22. The van der Waals surface area contributed by atoms with Crippen LogP contribution in [0.5, 0.6) is 0 Å². The molecule has 18 heavy (non-hydrogen) atoms. The largest absolute Gasteiger partial charge is 0.315 e. The van der Waals surface area contributed by atoms with E-state index in [9.17, 15) is 9.18 Å². The van der Waals surface area contributed by atoms with Gasteiger partial charge in [-0.05, 0) is 36.7 Å². The maximum Gasteiger partial charge on any atom is 0.262 e. The van der Waals surface area contributed by atoms with E-state index in [1.165, 1.54) is 16.7 Å². The van der Waals surface area contributed by atoms with Gasteiger partial charge >= 0.3 is 0 Å². The lowest BCUT2D eigenvalue weighted by molar-refractivity contribution is 0.525. The quantitative estimate of drug-likeness (QED) is 0.801. The van der Waals surface area contributed by atoms with Gasteiger partial charge in [0.25, 0.3) is 5.56 Å². The number of fused-ring (bicyclic) bond motifs is 1. The Labute approximate surface area is 107 Å². The summed E-state index contributed by atoms with van der Waals surface area (Å²) in [6.07, 6.45) is 0.822. The van der Waals surface area contributed by atoms with E-state index in [2.05, 4.69) is 10.3 Å². The number of nitrogens with zero attached hydrogens (tertiary/aromatic N) is 2. The Balaban J connectivity index is 2.30. The highest BCUT2D eigenvalue weighted by molar-refractivity contribution is 6.28. The summed E-state index contributed by atoms with van der Waals surface area (Å²) >= 11 is 6.02. The van der Waals surface area contributed by atoms with Crippen molar-refractivity contribution in [3.8, 4) is 0 Å². The lowest BCUT2D eigenvalue weighted by atomic mass is 10.2. The van der Waals surface area contributed by atoms with Crippen molar-refractivity contribution >= 4 is 22.5 Å². The van der Waals surface area contributed by atoms with Crippen LogP contribution in [0, 0.1) is 5.82 Å². The van der Waals surface area contributed by atoms with Gasteiger partial charge in [-0.2, -0.15) is 0 Å². The Kier molecular flexibility index (Phi) is 2.80. The number of rotatable bonds is 1. The summed E-state index contributed by atoms with van der Waals surface area (Å²) in [4.78, 5) is 16.3. The molecule has 94 valence electrons. The molecule has 1 atom stereocenters. The van der Waals surface area contributed by atoms with Gasteiger partial charge in [-0.25, -0.2) is 9.37 Å². The minimum Gasteiger partial charge on any atom is -0.315 e. The van der Waals surface area contributed by atoms with Crippen LogP contribution in [-0.2, 0) is 0 Å². The molecule has 3 rings (SSSR count). The van der Waals surface area contributed by atoms with E-state index in [1.807, 2.05) is 0 Å². The normalized spacial score (nSPS) is 19.6. The number of hydrogen-bond donors (Lipinski definition) is 1. The van der Waals surface area contributed by atoms with Gasteiger partial charge in [-0.3, -0.25) is 9.36 Å². The topological polar surface area (TPSA) is 46.9 Å². The first-order chi connectivity index (χ1) is 8.68. The molecular formula is C12H11ClFN3O. The van der Waals surface area contributed by atoms with Crippen LogP contribution in [0.4, 0.5) is 4.39 Å². The minimum atomic E-state index is -0.525. The van der Waals surface area contributed by atoms with Gasteiger partial charge < -0.3 is 5.32 Å². The number of para-hydroxylation sites is 1. The third kappa shape index (κ3) is 1.71. The molecule has 0 amide bonds. The standard InChI is InChI=1S/C12H11ClFN3O/c13-12-16-10-8(2-1-3-9(10)14)11(18)17(12)7-4-5-15-6-7/h1-3,7,15H,4-6H2. The van der Waals surface area contributed by atoms with Crippen molar-refractivity contribution in [2.75, 3.05) is 13.1 Å². The Hall–Kier alpha value is -1.46. The summed E-state index contributed by atoms with van der Waals surface area (Å²) in [5, 5.41) is 3.48. The third-order valence-corrected chi connectivity index (χ3v) is 3.50. The molecule has 1 aliphatic rings. The average Bonchev–Trinajstić information content (AvgIpc) is 2.84. The number of aromatic nitrogens is 2. The van der Waals surface area contributed by atoms with Crippen molar-refractivity contribution in [3.05, 3.63) is 39.7 Å². The van der Waals surface area contributed by atoms with E-state index in [1.54, 1.807) is 6.07 Å². The van der Waals surface area contributed by atoms with Crippen molar-refractivity contribution in [1.29, 1.82) is 0 Å². The van der Waals surface area contributed by atoms with Crippen LogP contribution < -0.4 is 10.9 Å². The van der Waals surface area contributed by atoms with Gasteiger partial charge in [0.15, 0.2) is 0 Å². The fraction of sp³-hybridized carbons (Fsp3) is 0.333. The molecule has 1 unspecified atom stereocenters. The molecule has 0 aliphatic carbocycles. The molecule has 0 radical (unpaired) electrons. The first kappa shape index (κ1) is 11.6. The van der Waals surface area contributed by atoms with E-state index in [4.69, 9.17) is 11.6 Å². The van der Waals surface area contributed by atoms with Gasteiger partial charge in [0.2, 0.25) is 5.28 Å². The van der Waals surface area contributed by atoms with E-state index < -0.39 is 5.82 Å². The van der Waals surface area contributed by atoms with Crippen LogP contribution in [0.2, 0.25) is 5.28 Å². The number of nitrogens with one attached hydrogen (secondary N) is 1. The highest BCUT2D eigenvalue weighted by Crippen LogP contribution is 2.21. The lowest BCUT2D eigenvalue weighted by Gasteiger charge is -2.15. The first-order valence-corrected chi connectivity index (χ1v) is 6.13. The molecule has 1 N–H and O–H groups in total. The smallest absolute Gasteiger partial charge is 0.262 e. The highest BCUT2D eigenvalue weighted by atomic mass is 35.5. The molecule has 2 heterocycles. The molecule has 0 saturated carbocycles. The molecule has 6 heteroatoms. The van der Waals surface area contributed by atoms with Crippen molar-refractivity contribution in [2.45, 2.75) is 12.5 Å². The van der Waals surface area contributed by atoms with Gasteiger partial charge in [-0.15, -0.1) is 0 Å². The Bertz CT molecular complexity index is 664. The van der Waals surface area contributed by atoms with E-state index in [0.717, 1.165) is 13.0 Å². The summed E-state index contributed by atoms with van der Waals surface area (Å²) < 4.78 is 15.0. The molecule has 1 aliphatic heterocycles. The molecular weight excluding hydrogens is 257 g/mol. The zero-order chi connectivity index (χ0) is 12.7. The molecule has 2 aromatic rings. The molecule has 1 aromatic carbocycles. The molecule has 0 bridgehead atoms. The fourth-order valence-corrected chi connectivity index (χ4v) is 2.64. The van der Waals surface area contributed by atoms with Crippen LogP contribution in [0.15, 0.2) is 23.0 Å². The van der Waals surface area contributed by atoms with E-state index in [0.29, 0.717) is 6.54 Å². The maximum atomic E-state index is 13.6. The predicted molar refractivity (Wildman–Crippen MR) is 67.5 cm³/mol. The first-order valence-electron chi connectivity index (χ1n) is 5.75. The Morgan fingerprint density at radius 3 is 3.06 bits per heavy atom. The van der Waals surface area contributed by atoms with Gasteiger partial charge in [0.05, 0.1) is 11.4 Å². The molecule has 1 saturated heterocycles. The number of hydrogen-bond acceptors (Lipinski definition) is 3. The molecule has 4 nitrogen and oxygen atoms in total. The molecule has 1 fully saturated rings. The van der Waals surface area contributed by atoms with E-state index in [-0.39, 0.29) is 27.8 Å². The average molecular weight is 268 g/mol. The van der Waals surface area contributed by atoms with Crippen LogP contribution in [0.3, 0.4) is 0 Å². The van der Waals surface area contributed by atoms with Crippen LogP contribution in [-0.4, -0.2) is 22.6 Å². The zero-order valence-electron chi connectivity index (χ0n) is 9.49. The second-order valence-electron chi connectivity index (χ2n) is 4.34. The summed E-state index contributed by atoms with van der Waals surface area (Å²) in [6.45, 7) is 1.52. The second-order valence-corrected chi connectivity index (χ2v) is 4.68. The minimum absolute atomic E-state index is 0.00910. The monoisotopic (exact) mass is 267 g/mol. The van der Waals surface area contributed by atoms with Gasteiger partial charge in [0, 0.05) is 6.54 Å². The summed E-state index contributed by atoms with van der Waals surface area (Å²) in [5.74, 6) is -0.525. The number of halogens is 2. The van der Waals surface area contributed by atoms with Crippen molar-refractivity contribution in [2.24, 2.45) is 0 Å². The predicted octanol–water partition coefficient (Wildman–Crippen LogP) is 1.72. The maximum absolute atomic E-state index is 13.6. The van der Waals surface area contributed by atoms with E-state index >= 15 is 0 Å².